The van der Waals surface area contributed by atoms with Crippen LogP contribution in [0, 0.1) is 12.7 Å². The fourth-order valence-corrected chi connectivity index (χ4v) is 5.28. The topological polar surface area (TPSA) is 37.7 Å². The van der Waals surface area contributed by atoms with E-state index >= 15 is 4.39 Å². The van der Waals surface area contributed by atoms with Gasteiger partial charge < -0.3 is 14.2 Å². The van der Waals surface area contributed by atoms with Crippen molar-refractivity contribution in [3.05, 3.63) is 52.6 Å². The molecule has 1 saturated heterocycles. The Morgan fingerprint density at radius 3 is 2.36 bits per heavy atom. The average Bonchev–Trinajstić information content (AvgIpc) is 3.10. The minimum absolute atomic E-state index is 0.0449. The van der Waals surface area contributed by atoms with E-state index in [0.29, 0.717) is 50.3 Å². The van der Waals surface area contributed by atoms with Crippen molar-refractivity contribution in [1.29, 1.82) is 0 Å². The number of nitrogens with zero attached hydrogens (tertiary/aromatic N) is 3. The van der Waals surface area contributed by atoms with Gasteiger partial charge in [0, 0.05) is 44.7 Å². The number of likely N-dealkylation sites (tertiary alicyclic amines) is 1. The molecular weight excluding hydrogens is 431 g/mol. The number of piperidine rings is 1. The fourth-order valence-electron chi connectivity index (χ4n) is 5.28. The van der Waals surface area contributed by atoms with Crippen molar-refractivity contribution in [3.8, 4) is 5.75 Å². The van der Waals surface area contributed by atoms with Crippen molar-refractivity contribution in [2.24, 2.45) is 0 Å². The van der Waals surface area contributed by atoms with Crippen LogP contribution in [0.3, 0.4) is 0 Å². The first-order valence-electron chi connectivity index (χ1n) is 11.5. The standard InChI is InChI=1S/C25H32F3N3O2/c1-16(2)33-20-7-6-18(14-17(20)3)23(32)30-10-8-25(9-11-30)22-19(26)15-21(24(4,27)28)31(22)13-12-29(25)5/h6-7,14-16H,8-13H2,1-5H3. The van der Waals surface area contributed by atoms with Crippen molar-refractivity contribution in [1.82, 2.24) is 14.4 Å². The highest BCUT2D eigenvalue weighted by Gasteiger charge is 2.48. The summed E-state index contributed by atoms with van der Waals surface area (Å²) in [6, 6.07) is 6.40. The lowest BCUT2D eigenvalue weighted by Crippen LogP contribution is -2.57. The highest BCUT2D eigenvalue weighted by molar-refractivity contribution is 5.94. The molecule has 8 heteroatoms. The number of amides is 1. The molecule has 33 heavy (non-hydrogen) atoms. The molecule has 2 aliphatic rings. The number of carbonyl (C=O) groups is 1. The molecule has 2 aromatic rings. The third-order valence-electron chi connectivity index (χ3n) is 6.99. The van der Waals surface area contributed by atoms with Crippen LogP contribution >= 0.6 is 0 Å². The number of benzene rings is 1. The van der Waals surface area contributed by atoms with E-state index in [-0.39, 0.29) is 17.7 Å². The number of alkyl halides is 2. The van der Waals surface area contributed by atoms with E-state index < -0.39 is 17.3 Å². The van der Waals surface area contributed by atoms with Crippen LogP contribution < -0.4 is 4.74 Å². The van der Waals surface area contributed by atoms with E-state index in [1.807, 2.05) is 40.0 Å². The van der Waals surface area contributed by atoms with E-state index in [4.69, 9.17) is 4.74 Å². The Kier molecular flexibility index (Phi) is 6.01. The average molecular weight is 464 g/mol. The highest BCUT2D eigenvalue weighted by Crippen LogP contribution is 2.45. The molecule has 3 heterocycles. The molecule has 1 spiro atoms. The largest absolute Gasteiger partial charge is 0.491 e. The SMILES string of the molecule is Cc1cc(C(=O)N2CCC3(CC2)c2c(F)cc(C(C)(F)F)n2CCN3C)ccc1OC(C)C. The Labute approximate surface area is 193 Å². The van der Waals surface area contributed by atoms with Crippen LogP contribution in [0.2, 0.25) is 0 Å². The molecule has 0 aliphatic carbocycles. The summed E-state index contributed by atoms with van der Waals surface area (Å²) in [5, 5.41) is 0. The monoisotopic (exact) mass is 463 g/mol. The summed E-state index contributed by atoms with van der Waals surface area (Å²) in [4.78, 5) is 17.0. The van der Waals surface area contributed by atoms with Gasteiger partial charge in [-0.2, -0.15) is 0 Å². The predicted octanol–water partition coefficient (Wildman–Crippen LogP) is 4.91. The Balaban J connectivity index is 1.56. The molecule has 0 saturated carbocycles. The first-order valence-corrected chi connectivity index (χ1v) is 11.5. The molecule has 0 unspecified atom stereocenters. The number of hydrogen-bond acceptors (Lipinski definition) is 3. The number of ether oxygens (including phenoxy) is 1. The van der Waals surface area contributed by atoms with E-state index in [0.717, 1.165) is 24.3 Å². The van der Waals surface area contributed by atoms with Gasteiger partial charge in [-0.3, -0.25) is 9.69 Å². The predicted molar refractivity (Wildman–Crippen MR) is 120 cm³/mol. The number of fused-ring (bicyclic) bond motifs is 2. The molecule has 0 radical (unpaired) electrons. The molecule has 180 valence electrons. The molecular formula is C25H32F3N3O2. The number of hydrogen-bond donors (Lipinski definition) is 0. The molecule has 0 N–H and O–H groups in total. The molecule has 0 atom stereocenters. The lowest BCUT2D eigenvalue weighted by molar-refractivity contribution is -0.00781. The van der Waals surface area contributed by atoms with Crippen molar-refractivity contribution in [2.75, 3.05) is 26.7 Å². The number of likely N-dealkylation sites (N-methyl/N-ethyl adjacent to an activating group) is 1. The first kappa shape index (κ1) is 23.7. The maximum absolute atomic E-state index is 15.0. The van der Waals surface area contributed by atoms with Crippen LogP contribution in [-0.2, 0) is 18.0 Å². The summed E-state index contributed by atoms with van der Waals surface area (Å²) in [6.07, 6.45) is 1.01. The van der Waals surface area contributed by atoms with E-state index in [1.165, 1.54) is 4.57 Å². The highest BCUT2D eigenvalue weighted by atomic mass is 19.3. The van der Waals surface area contributed by atoms with Crippen LogP contribution in [0.5, 0.6) is 5.75 Å². The molecule has 1 amide bonds. The fraction of sp³-hybridized carbons (Fsp3) is 0.560. The van der Waals surface area contributed by atoms with Gasteiger partial charge >= 0.3 is 0 Å². The van der Waals surface area contributed by atoms with Gasteiger partial charge in [0.15, 0.2) is 0 Å². The Bertz CT molecular complexity index is 1050. The molecule has 1 aromatic heterocycles. The lowest BCUT2D eigenvalue weighted by Gasteiger charge is -2.50. The van der Waals surface area contributed by atoms with Crippen LogP contribution in [0.4, 0.5) is 13.2 Å². The Morgan fingerprint density at radius 1 is 1.12 bits per heavy atom. The van der Waals surface area contributed by atoms with Gasteiger partial charge in [-0.05, 0) is 64.4 Å². The number of aromatic nitrogens is 1. The maximum atomic E-state index is 15.0. The third kappa shape index (κ3) is 4.14. The second-order valence-corrected chi connectivity index (χ2v) is 9.66. The van der Waals surface area contributed by atoms with Crippen LogP contribution in [0.15, 0.2) is 24.3 Å². The van der Waals surface area contributed by atoms with Gasteiger partial charge in [-0.1, -0.05) is 0 Å². The summed E-state index contributed by atoms with van der Waals surface area (Å²) in [6.45, 7) is 8.35. The number of halogens is 3. The smallest absolute Gasteiger partial charge is 0.285 e. The summed E-state index contributed by atoms with van der Waals surface area (Å²) < 4.78 is 50.5. The molecule has 1 aromatic carbocycles. The van der Waals surface area contributed by atoms with Crippen LogP contribution in [0.25, 0.3) is 0 Å². The zero-order valence-corrected chi connectivity index (χ0v) is 19.9. The van der Waals surface area contributed by atoms with Gasteiger partial charge in [-0.25, -0.2) is 13.2 Å². The quantitative estimate of drug-likeness (QED) is 0.647. The minimum atomic E-state index is -3.11. The van der Waals surface area contributed by atoms with Crippen molar-refractivity contribution < 1.29 is 22.7 Å². The van der Waals surface area contributed by atoms with Crippen LogP contribution in [-0.4, -0.2) is 53.1 Å². The summed E-state index contributed by atoms with van der Waals surface area (Å²) in [5.41, 5.74) is 0.820. The number of rotatable bonds is 4. The van der Waals surface area contributed by atoms with E-state index in [2.05, 4.69) is 4.90 Å². The van der Waals surface area contributed by atoms with E-state index in [1.54, 1.807) is 11.0 Å². The molecule has 2 aliphatic heterocycles. The van der Waals surface area contributed by atoms with Gasteiger partial charge in [0.2, 0.25) is 0 Å². The molecule has 1 fully saturated rings. The second kappa shape index (κ2) is 8.38. The molecule has 4 rings (SSSR count). The molecule has 5 nitrogen and oxygen atoms in total. The second-order valence-electron chi connectivity index (χ2n) is 9.66. The summed E-state index contributed by atoms with van der Waals surface area (Å²) >= 11 is 0. The van der Waals surface area contributed by atoms with Gasteiger partial charge in [-0.15, -0.1) is 0 Å². The summed E-state index contributed by atoms with van der Waals surface area (Å²) in [5.74, 6) is -3.04. The number of aryl methyl sites for hydroxylation is 1. The van der Waals surface area contributed by atoms with E-state index in [9.17, 15) is 13.6 Å². The van der Waals surface area contributed by atoms with Crippen LogP contribution in [0.1, 0.15) is 60.9 Å². The lowest BCUT2D eigenvalue weighted by atomic mass is 9.81. The first-order chi connectivity index (χ1) is 15.4. The Hall–Kier alpha value is -2.48. The molecule has 0 bridgehead atoms. The third-order valence-corrected chi connectivity index (χ3v) is 6.99. The summed E-state index contributed by atoms with van der Waals surface area (Å²) in [7, 11) is 1.91. The minimum Gasteiger partial charge on any atom is -0.491 e. The zero-order chi connectivity index (χ0) is 24.1. The van der Waals surface area contributed by atoms with Crippen molar-refractivity contribution >= 4 is 5.91 Å². The van der Waals surface area contributed by atoms with Gasteiger partial charge in [0.1, 0.15) is 11.6 Å². The maximum Gasteiger partial charge on any atom is 0.285 e. The van der Waals surface area contributed by atoms with Crippen molar-refractivity contribution in [3.63, 3.8) is 0 Å². The Morgan fingerprint density at radius 2 is 1.79 bits per heavy atom. The number of carbonyl (C=O) groups excluding carboxylic acids is 1. The normalized spacial score (nSPS) is 18.6. The van der Waals surface area contributed by atoms with Gasteiger partial charge in [0.05, 0.1) is 23.0 Å². The zero-order valence-electron chi connectivity index (χ0n) is 19.9. The van der Waals surface area contributed by atoms with Crippen molar-refractivity contribution in [2.45, 2.75) is 64.6 Å². The van der Waals surface area contributed by atoms with Gasteiger partial charge in [0.25, 0.3) is 11.8 Å².